The van der Waals surface area contributed by atoms with Gasteiger partial charge in [0.05, 0.1) is 6.67 Å². The average molecular weight is 278 g/mol. The van der Waals surface area contributed by atoms with Crippen molar-refractivity contribution >= 4 is 5.91 Å². The molecule has 0 spiro atoms. The predicted molar refractivity (Wildman–Crippen MR) is 80.9 cm³/mol. The second-order valence-electron chi connectivity index (χ2n) is 5.75. The van der Waals surface area contributed by atoms with Crippen molar-refractivity contribution in [3.8, 4) is 0 Å². The second kappa shape index (κ2) is 6.79. The molecule has 0 aromatic rings. The highest BCUT2D eigenvalue weighted by molar-refractivity contribution is 5.87. The molecule has 0 N–H and O–H groups in total. The van der Waals surface area contributed by atoms with Gasteiger partial charge < -0.3 is 19.6 Å². The molecule has 2 heterocycles. The van der Waals surface area contributed by atoms with Crippen molar-refractivity contribution in [2.45, 2.75) is 19.4 Å². The predicted octanol–water partition coefficient (Wildman–Crippen LogP) is 0.771. The van der Waals surface area contributed by atoms with Crippen LogP contribution in [0.2, 0.25) is 0 Å². The number of nitrogens with zero attached hydrogens (tertiary/aromatic N) is 4. The fraction of sp³-hybridized carbons (Fsp3) is 0.667. The van der Waals surface area contributed by atoms with Crippen LogP contribution >= 0.6 is 0 Å². The maximum absolute atomic E-state index is 12.1. The molecule has 1 fully saturated rings. The summed E-state index contributed by atoms with van der Waals surface area (Å²) in [5.41, 5.74) is 0. The molecule has 112 valence electrons. The third-order valence-corrected chi connectivity index (χ3v) is 3.90. The Morgan fingerprint density at radius 3 is 2.85 bits per heavy atom. The minimum Gasteiger partial charge on any atom is -0.359 e. The van der Waals surface area contributed by atoms with E-state index < -0.39 is 0 Å². The third kappa shape index (κ3) is 3.76. The molecule has 2 aliphatic rings. The van der Waals surface area contributed by atoms with E-state index in [-0.39, 0.29) is 5.91 Å². The first-order valence-corrected chi connectivity index (χ1v) is 7.38. The lowest BCUT2D eigenvalue weighted by molar-refractivity contribution is -0.125. The van der Waals surface area contributed by atoms with Gasteiger partial charge in [0, 0.05) is 50.7 Å². The summed E-state index contributed by atoms with van der Waals surface area (Å²) in [5, 5.41) is 0. The molecule has 0 radical (unpaired) electrons. The van der Waals surface area contributed by atoms with Gasteiger partial charge in [-0.05, 0) is 27.4 Å². The first-order chi connectivity index (χ1) is 9.60. The lowest BCUT2D eigenvalue weighted by atomic mass is 10.2. The molecule has 0 aromatic carbocycles. The molecule has 0 aromatic heterocycles. The molecule has 5 heteroatoms. The minimum absolute atomic E-state index is 0.143. The summed E-state index contributed by atoms with van der Waals surface area (Å²) in [5.74, 6) is 0.143. The number of carbonyl (C=O) groups is 1. The van der Waals surface area contributed by atoms with Gasteiger partial charge in [-0.25, -0.2) is 0 Å². The van der Waals surface area contributed by atoms with Crippen LogP contribution in [0, 0.1) is 0 Å². The fourth-order valence-electron chi connectivity index (χ4n) is 2.61. The van der Waals surface area contributed by atoms with Gasteiger partial charge in [0.25, 0.3) is 0 Å². The number of hydrogen-bond acceptors (Lipinski definition) is 4. The van der Waals surface area contributed by atoms with Gasteiger partial charge in [-0.3, -0.25) is 4.79 Å². The standard InChI is InChI=1S/C15H26N4O/c1-4-17-10-11-19(13-17)14-7-9-18(12-14)15(20)6-5-8-16(2)3/h5-6,10-11,14H,4,7-9,12-13H2,1-3H3/b6-5+/t14-/m0/s1. The molecule has 2 aliphatic heterocycles. The average Bonchev–Trinajstić information content (AvgIpc) is 3.06. The fourth-order valence-corrected chi connectivity index (χ4v) is 2.61. The quantitative estimate of drug-likeness (QED) is 0.695. The van der Waals surface area contributed by atoms with Crippen LogP contribution in [0.4, 0.5) is 0 Å². The first kappa shape index (κ1) is 14.9. The number of likely N-dealkylation sites (N-methyl/N-ethyl adjacent to an activating group) is 1. The Morgan fingerprint density at radius 1 is 1.40 bits per heavy atom. The lowest BCUT2D eigenvalue weighted by Crippen LogP contribution is -2.37. The molecule has 0 unspecified atom stereocenters. The van der Waals surface area contributed by atoms with E-state index in [0.29, 0.717) is 6.04 Å². The molecule has 5 nitrogen and oxygen atoms in total. The number of hydrogen-bond donors (Lipinski definition) is 0. The number of likely N-dealkylation sites (tertiary alicyclic amines) is 1. The largest absolute Gasteiger partial charge is 0.359 e. The summed E-state index contributed by atoms with van der Waals surface area (Å²) >= 11 is 0. The van der Waals surface area contributed by atoms with E-state index in [1.54, 1.807) is 6.08 Å². The molecule has 0 saturated carbocycles. The van der Waals surface area contributed by atoms with E-state index in [4.69, 9.17) is 0 Å². The van der Waals surface area contributed by atoms with Crippen LogP contribution in [0.5, 0.6) is 0 Å². The van der Waals surface area contributed by atoms with Crippen molar-refractivity contribution in [2.75, 3.05) is 46.9 Å². The highest BCUT2D eigenvalue weighted by Gasteiger charge is 2.30. The zero-order valence-electron chi connectivity index (χ0n) is 12.8. The van der Waals surface area contributed by atoms with Crippen molar-refractivity contribution in [1.29, 1.82) is 0 Å². The van der Waals surface area contributed by atoms with Gasteiger partial charge in [-0.15, -0.1) is 0 Å². The van der Waals surface area contributed by atoms with E-state index in [2.05, 4.69) is 29.1 Å². The van der Waals surface area contributed by atoms with Crippen LogP contribution in [-0.2, 0) is 4.79 Å². The highest BCUT2D eigenvalue weighted by atomic mass is 16.2. The lowest BCUT2D eigenvalue weighted by Gasteiger charge is -2.26. The van der Waals surface area contributed by atoms with Crippen LogP contribution in [0.15, 0.2) is 24.6 Å². The SMILES string of the molecule is CCN1C=CN([C@H]2CCN(C(=O)/C=C/CN(C)C)C2)C1. The maximum atomic E-state index is 12.1. The van der Waals surface area contributed by atoms with Crippen molar-refractivity contribution in [1.82, 2.24) is 19.6 Å². The van der Waals surface area contributed by atoms with Gasteiger partial charge in [0.2, 0.25) is 5.91 Å². The van der Waals surface area contributed by atoms with Crippen LogP contribution in [0.1, 0.15) is 13.3 Å². The molecular formula is C15H26N4O. The van der Waals surface area contributed by atoms with Crippen LogP contribution in [0.3, 0.4) is 0 Å². The van der Waals surface area contributed by atoms with Crippen molar-refractivity contribution in [3.05, 3.63) is 24.6 Å². The summed E-state index contributed by atoms with van der Waals surface area (Å²) in [7, 11) is 4.00. The van der Waals surface area contributed by atoms with Crippen LogP contribution in [0.25, 0.3) is 0 Å². The molecule has 0 bridgehead atoms. The Balaban J connectivity index is 1.79. The zero-order valence-corrected chi connectivity index (χ0v) is 12.8. The number of amides is 1. The van der Waals surface area contributed by atoms with E-state index in [0.717, 1.165) is 39.3 Å². The first-order valence-electron chi connectivity index (χ1n) is 7.38. The van der Waals surface area contributed by atoms with Gasteiger partial charge in [0.1, 0.15) is 0 Å². The van der Waals surface area contributed by atoms with Gasteiger partial charge in [0.15, 0.2) is 0 Å². The summed E-state index contributed by atoms with van der Waals surface area (Å²) in [6.45, 7) is 6.67. The highest BCUT2D eigenvalue weighted by Crippen LogP contribution is 2.19. The summed E-state index contributed by atoms with van der Waals surface area (Å²) < 4.78 is 0. The molecular weight excluding hydrogens is 252 g/mol. The second-order valence-corrected chi connectivity index (χ2v) is 5.75. The summed E-state index contributed by atoms with van der Waals surface area (Å²) in [6.07, 6.45) is 9.01. The topological polar surface area (TPSA) is 30.0 Å². The molecule has 1 atom stereocenters. The minimum atomic E-state index is 0.143. The van der Waals surface area contributed by atoms with E-state index in [1.165, 1.54) is 0 Å². The normalized spacial score (nSPS) is 22.8. The molecule has 1 saturated heterocycles. The summed E-state index contributed by atoms with van der Waals surface area (Å²) in [6, 6.07) is 0.467. The summed E-state index contributed by atoms with van der Waals surface area (Å²) in [4.78, 5) is 20.7. The van der Waals surface area contributed by atoms with Crippen LogP contribution < -0.4 is 0 Å². The van der Waals surface area contributed by atoms with E-state index in [1.807, 2.05) is 30.0 Å². The van der Waals surface area contributed by atoms with Crippen LogP contribution in [-0.4, -0.2) is 78.5 Å². The van der Waals surface area contributed by atoms with Crippen molar-refractivity contribution in [2.24, 2.45) is 0 Å². The third-order valence-electron chi connectivity index (χ3n) is 3.90. The van der Waals surface area contributed by atoms with Crippen molar-refractivity contribution < 1.29 is 4.79 Å². The Hall–Kier alpha value is -1.49. The van der Waals surface area contributed by atoms with E-state index in [9.17, 15) is 4.79 Å². The smallest absolute Gasteiger partial charge is 0.246 e. The molecule has 0 aliphatic carbocycles. The Labute approximate surface area is 122 Å². The maximum Gasteiger partial charge on any atom is 0.246 e. The van der Waals surface area contributed by atoms with Crippen molar-refractivity contribution in [3.63, 3.8) is 0 Å². The van der Waals surface area contributed by atoms with Gasteiger partial charge in [-0.1, -0.05) is 6.08 Å². The molecule has 2 rings (SSSR count). The Morgan fingerprint density at radius 2 is 2.20 bits per heavy atom. The zero-order chi connectivity index (χ0) is 14.5. The number of carbonyl (C=O) groups excluding carboxylic acids is 1. The Bertz CT molecular complexity index is 391. The Kier molecular flexibility index (Phi) is 5.06. The monoisotopic (exact) mass is 278 g/mol. The van der Waals surface area contributed by atoms with E-state index >= 15 is 0 Å². The molecule has 1 amide bonds. The molecule has 20 heavy (non-hydrogen) atoms. The number of rotatable bonds is 5. The van der Waals surface area contributed by atoms with Gasteiger partial charge in [-0.2, -0.15) is 0 Å². The van der Waals surface area contributed by atoms with Gasteiger partial charge >= 0.3 is 0 Å².